The summed E-state index contributed by atoms with van der Waals surface area (Å²) in [5, 5.41) is 2.70. The molecule has 82 valence electrons. The van der Waals surface area contributed by atoms with Crippen molar-refractivity contribution < 1.29 is 8.78 Å². The van der Waals surface area contributed by atoms with E-state index in [4.69, 9.17) is 5.73 Å². The summed E-state index contributed by atoms with van der Waals surface area (Å²) in [6.45, 7) is 0. The van der Waals surface area contributed by atoms with E-state index < -0.39 is 11.6 Å². The van der Waals surface area contributed by atoms with E-state index in [0.717, 1.165) is 6.07 Å². The molecule has 3 N–H and O–H groups in total. The number of hydrogen-bond acceptors (Lipinski definition) is 3. The summed E-state index contributed by atoms with van der Waals surface area (Å²) in [6.07, 6.45) is 2.94. The van der Waals surface area contributed by atoms with Gasteiger partial charge < -0.3 is 11.1 Å². The topological polar surface area (TPSA) is 50.9 Å². The van der Waals surface area contributed by atoms with Crippen molar-refractivity contribution in [3.05, 3.63) is 48.3 Å². The van der Waals surface area contributed by atoms with Crippen molar-refractivity contribution in [2.45, 2.75) is 0 Å². The quantitative estimate of drug-likeness (QED) is 0.819. The molecule has 1 aromatic heterocycles. The highest BCUT2D eigenvalue weighted by Crippen LogP contribution is 2.21. The highest BCUT2D eigenvalue weighted by Gasteiger charge is 2.07. The average molecular weight is 221 g/mol. The zero-order chi connectivity index (χ0) is 11.5. The van der Waals surface area contributed by atoms with Crippen LogP contribution >= 0.6 is 0 Å². The highest BCUT2D eigenvalue weighted by atomic mass is 19.2. The summed E-state index contributed by atoms with van der Waals surface area (Å²) in [4.78, 5) is 3.83. The molecule has 0 aliphatic heterocycles. The lowest BCUT2D eigenvalue weighted by molar-refractivity contribution is 0.512. The molecule has 0 radical (unpaired) electrons. The number of nitrogens with two attached hydrogens (primary N) is 1. The number of rotatable bonds is 2. The second kappa shape index (κ2) is 4.14. The molecule has 0 saturated carbocycles. The lowest BCUT2D eigenvalue weighted by Crippen LogP contribution is -1.97. The molecule has 0 spiro atoms. The smallest absolute Gasteiger partial charge is 0.182 e. The third kappa shape index (κ3) is 2.08. The lowest BCUT2D eigenvalue weighted by atomic mass is 10.2. The van der Waals surface area contributed by atoms with E-state index in [9.17, 15) is 8.78 Å². The Labute approximate surface area is 90.9 Å². The maximum Gasteiger partial charge on any atom is 0.182 e. The van der Waals surface area contributed by atoms with Gasteiger partial charge in [0.2, 0.25) is 0 Å². The van der Waals surface area contributed by atoms with Crippen LogP contribution in [0.2, 0.25) is 0 Å². The van der Waals surface area contributed by atoms with Crippen molar-refractivity contribution in [2.75, 3.05) is 11.1 Å². The third-order valence-electron chi connectivity index (χ3n) is 1.99. The molecule has 0 atom stereocenters. The molecule has 1 aromatic carbocycles. The Kier molecular flexibility index (Phi) is 2.68. The summed E-state index contributed by atoms with van der Waals surface area (Å²) in [6, 6.07) is 5.48. The zero-order valence-corrected chi connectivity index (χ0v) is 8.24. The second-order valence-corrected chi connectivity index (χ2v) is 3.23. The van der Waals surface area contributed by atoms with Gasteiger partial charge in [-0.15, -0.1) is 0 Å². The number of benzene rings is 1. The second-order valence-electron chi connectivity index (χ2n) is 3.23. The molecule has 0 saturated heterocycles. The number of hydrogen-bond donors (Lipinski definition) is 2. The molecule has 0 fully saturated rings. The zero-order valence-electron chi connectivity index (χ0n) is 8.24. The van der Waals surface area contributed by atoms with Crippen LogP contribution in [0.3, 0.4) is 0 Å². The van der Waals surface area contributed by atoms with Crippen molar-refractivity contribution in [3.8, 4) is 0 Å². The predicted molar refractivity (Wildman–Crippen MR) is 58.3 cm³/mol. The largest absolute Gasteiger partial charge is 0.397 e. The van der Waals surface area contributed by atoms with Gasteiger partial charge in [-0.25, -0.2) is 8.78 Å². The van der Waals surface area contributed by atoms with E-state index >= 15 is 0 Å². The maximum atomic E-state index is 13.3. The predicted octanol–water partition coefficient (Wildman–Crippen LogP) is 2.69. The first-order chi connectivity index (χ1) is 7.66. The number of nitrogens with one attached hydrogen (secondary N) is 1. The summed E-state index contributed by atoms with van der Waals surface area (Å²) in [5.74, 6) is -1.83. The molecule has 3 nitrogen and oxygen atoms in total. The molecule has 2 aromatic rings. The van der Waals surface area contributed by atoms with Gasteiger partial charge >= 0.3 is 0 Å². The third-order valence-corrected chi connectivity index (χ3v) is 1.99. The van der Waals surface area contributed by atoms with Crippen molar-refractivity contribution in [1.29, 1.82) is 0 Å². The van der Waals surface area contributed by atoms with Gasteiger partial charge in [-0.1, -0.05) is 6.07 Å². The minimum absolute atomic E-state index is 0.0485. The Morgan fingerprint density at radius 3 is 2.75 bits per heavy atom. The molecule has 16 heavy (non-hydrogen) atoms. The molecule has 0 bridgehead atoms. The first-order valence-corrected chi connectivity index (χ1v) is 4.58. The number of anilines is 3. The van der Waals surface area contributed by atoms with E-state index in [1.54, 1.807) is 6.07 Å². The van der Waals surface area contributed by atoms with Crippen LogP contribution in [0.25, 0.3) is 0 Å². The maximum absolute atomic E-state index is 13.3. The van der Waals surface area contributed by atoms with Gasteiger partial charge in [-0.2, -0.15) is 0 Å². The fourth-order valence-corrected chi connectivity index (χ4v) is 1.28. The summed E-state index contributed by atoms with van der Waals surface area (Å²) in [7, 11) is 0. The number of aromatic nitrogens is 1. The van der Waals surface area contributed by atoms with Gasteiger partial charge in [-0.05, 0) is 18.2 Å². The highest BCUT2D eigenvalue weighted by molar-refractivity contribution is 5.62. The van der Waals surface area contributed by atoms with Crippen LogP contribution in [0.1, 0.15) is 0 Å². The normalized spacial score (nSPS) is 10.1. The van der Waals surface area contributed by atoms with Gasteiger partial charge in [0, 0.05) is 6.20 Å². The Morgan fingerprint density at radius 2 is 2.00 bits per heavy atom. The van der Waals surface area contributed by atoms with E-state index in [0.29, 0.717) is 11.4 Å². The summed E-state index contributed by atoms with van der Waals surface area (Å²) in [5.41, 5.74) is 6.51. The van der Waals surface area contributed by atoms with Crippen LogP contribution in [0, 0.1) is 11.6 Å². The van der Waals surface area contributed by atoms with Gasteiger partial charge in [0.1, 0.15) is 0 Å². The van der Waals surface area contributed by atoms with Crippen molar-refractivity contribution in [2.24, 2.45) is 0 Å². The standard InChI is InChI=1S/C11H9F2N3/c12-9-2-1-3-10(11(9)13)16-8-4-7(14)5-15-6-8/h1-6,16H,14H2. The van der Waals surface area contributed by atoms with E-state index in [1.807, 2.05) is 0 Å². The number of pyridine rings is 1. The molecule has 0 unspecified atom stereocenters. The molecule has 0 aliphatic carbocycles. The van der Waals surface area contributed by atoms with Crippen molar-refractivity contribution in [1.82, 2.24) is 4.98 Å². The Hall–Kier alpha value is -2.17. The van der Waals surface area contributed by atoms with Crippen LogP contribution in [0.4, 0.5) is 25.8 Å². The van der Waals surface area contributed by atoms with Crippen molar-refractivity contribution in [3.63, 3.8) is 0 Å². The van der Waals surface area contributed by atoms with Crippen LogP contribution in [0.15, 0.2) is 36.7 Å². The molecule has 1 heterocycles. The first-order valence-electron chi connectivity index (χ1n) is 4.58. The van der Waals surface area contributed by atoms with Crippen LogP contribution < -0.4 is 11.1 Å². The molecule has 0 amide bonds. The molecular formula is C11H9F2N3. The van der Waals surface area contributed by atoms with Crippen LogP contribution in [-0.2, 0) is 0 Å². The summed E-state index contributed by atoms with van der Waals surface area (Å²) >= 11 is 0. The van der Waals surface area contributed by atoms with Gasteiger partial charge in [-0.3, -0.25) is 4.98 Å². The Balaban J connectivity index is 2.31. The summed E-state index contributed by atoms with van der Waals surface area (Å²) < 4.78 is 26.2. The number of nitrogens with zero attached hydrogens (tertiary/aromatic N) is 1. The fourth-order valence-electron chi connectivity index (χ4n) is 1.28. The molecule has 5 heteroatoms. The van der Waals surface area contributed by atoms with Gasteiger partial charge in [0.25, 0.3) is 0 Å². The minimum atomic E-state index is -0.926. The minimum Gasteiger partial charge on any atom is -0.397 e. The molecule has 0 aliphatic rings. The SMILES string of the molecule is Nc1cncc(Nc2cccc(F)c2F)c1. The number of halogens is 2. The molecular weight excluding hydrogens is 212 g/mol. The monoisotopic (exact) mass is 221 g/mol. The van der Waals surface area contributed by atoms with Gasteiger partial charge in [0.05, 0.1) is 23.3 Å². The fraction of sp³-hybridized carbons (Fsp3) is 0. The molecule has 2 rings (SSSR count). The number of nitrogen functional groups attached to an aromatic ring is 1. The lowest BCUT2D eigenvalue weighted by Gasteiger charge is -2.07. The first kappa shape index (κ1) is 10.4. The average Bonchev–Trinajstić information content (AvgIpc) is 2.25. The van der Waals surface area contributed by atoms with Crippen LogP contribution in [0.5, 0.6) is 0 Å². The van der Waals surface area contributed by atoms with E-state index in [2.05, 4.69) is 10.3 Å². The van der Waals surface area contributed by atoms with E-state index in [-0.39, 0.29) is 5.69 Å². The van der Waals surface area contributed by atoms with Crippen LogP contribution in [-0.4, -0.2) is 4.98 Å². The Morgan fingerprint density at radius 1 is 1.19 bits per heavy atom. The van der Waals surface area contributed by atoms with Crippen molar-refractivity contribution >= 4 is 17.1 Å². The Bertz CT molecular complexity index is 514. The van der Waals surface area contributed by atoms with E-state index in [1.165, 1.54) is 24.5 Å². The van der Waals surface area contributed by atoms with Gasteiger partial charge in [0.15, 0.2) is 11.6 Å².